The van der Waals surface area contributed by atoms with Crippen molar-refractivity contribution in [3.05, 3.63) is 29.3 Å². The number of sulfonamides is 1. The van der Waals surface area contributed by atoms with Crippen LogP contribution in [-0.2, 0) is 16.4 Å². The molecule has 1 saturated carbocycles. The van der Waals surface area contributed by atoms with Crippen molar-refractivity contribution in [2.24, 2.45) is 5.41 Å². The number of hydrogen-bond donors (Lipinski definition) is 2. The van der Waals surface area contributed by atoms with Gasteiger partial charge >= 0.3 is 5.97 Å². The van der Waals surface area contributed by atoms with Gasteiger partial charge < -0.3 is 5.11 Å². The van der Waals surface area contributed by atoms with Crippen LogP contribution in [0.15, 0.2) is 23.1 Å². The zero-order valence-corrected chi connectivity index (χ0v) is 13.2. The maximum atomic E-state index is 12.3. The molecule has 21 heavy (non-hydrogen) atoms. The van der Waals surface area contributed by atoms with Crippen LogP contribution < -0.4 is 4.72 Å². The van der Waals surface area contributed by atoms with Crippen molar-refractivity contribution in [2.45, 2.75) is 44.4 Å². The van der Waals surface area contributed by atoms with Gasteiger partial charge in [0.25, 0.3) is 0 Å². The molecule has 5 nitrogen and oxygen atoms in total. The lowest BCUT2D eigenvalue weighted by molar-refractivity contribution is 0.0695. The maximum Gasteiger partial charge on any atom is 0.336 e. The number of carboxylic acid groups (broad SMARTS) is 1. The van der Waals surface area contributed by atoms with Gasteiger partial charge in [0.1, 0.15) is 0 Å². The monoisotopic (exact) mass is 311 g/mol. The summed E-state index contributed by atoms with van der Waals surface area (Å²) in [6.45, 7) is 4.29. The number of carboxylic acids is 1. The summed E-state index contributed by atoms with van der Waals surface area (Å²) >= 11 is 0. The van der Waals surface area contributed by atoms with Gasteiger partial charge in [0.2, 0.25) is 10.0 Å². The highest BCUT2D eigenvalue weighted by Gasteiger charge is 2.33. The highest BCUT2D eigenvalue weighted by molar-refractivity contribution is 7.89. The number of benzene rings is 1. The van der Waals surface area contributed by atoms with E-state index < -0.39 is 16.0 Å². The van der Waals surface area contributed by atoms with Crippen LogP contribution in [0.3, 0.4) is 0 Å². The molecule has 2 rings (SSSR count). The molecule has 1 aliphatic rings. The summed E-state index contributed by atoms with van der Waals surface area (Å²) in [6, 6.07) is 4.28. The summed E-state index contributed by atoms with van der Waals surface area (Å²) in [4.78, 5) is 11.2. The van der Waals surface area contributed by atoms with E-state index in [1.54, 1.807) is 6.07 Å². The van der Waals surface area contributed by atoms with E-state index in [9.17, 15) is 18.3 Å². The first-order valence-electron chi connectivity index (χ1n) is 7.13. The molecule has 0 amide bonds. The van der Waals surface area contributed by atoms with E-state index in [2.05, 4.69) is 11.6 Å². The minimum atomic E-state index is -3.66. The Balaban J connectivity index is 2.23. The molecule has 1 aromatic rings. The lowest BCUT2D eigenvalue weighted by Gasteiger charge is -2.38. The Morgan fingerprint density at radius 1 is 1.38 bits per heavy atom. The Hall–Kier alpha value is -1.40. The minimum Gasteiger partial charge on any atom is -0.478 e. The van der Waals surface area contributed by atoms with E-state index in [1.165, 1.54) is 12.1 Å². The molecule has 1 aliphatic carbocycles. The molecule has 0 bridgehead atoms. The van der Waals surface area contributed by atoms with Crippen molar-refractivity contribution < 1.29 is 18.3 Å². The molecule has 1 aromatic carbocycles. The molecule has 0 heterocycles. The molecule has 0 saturated heterocycles. The van der Waals surface area contributed by atoms with E-state index in [4.69, 9.17) is 0 Å². The zero-order chi connectivity index (χ0) is 15.7. The summed E-state index contributed by atoms with van der Waals surface area (Å²) in [5.74, 6) is -1.10. The smallest absolute Gasteiger partial charge is 0.336 e. The van der Waals surface area contributed by atoms with Gasteiger partial charge in [-0.2, -0.15) is 0 Å². The van der Waals surface area contributed by atoms with Crippen LogP contribution in [0.25, 0.3) is 0 Å². The van der Waals surface area contributed by atoms with Gasteiger partial charge in [0.15, 0.2) is 0 Å². The van der Waals surface area contributed by atoms with E-state index >= 15 is 0 Å². The second-order valence-electron chi connectivity index (χ2n) is 5.97. The van der Waals surface area contributed by atoms with Crippen molar-refractivity contribution in [1.29, 1.82) is 0 Å². The second kappa shape index (κ2) is 5.77. The van der Waals surface area contributed by atoms with Gasteiger partial charge in [-0.25, -0.2) is 17.9 Å². The van der Waals surface area contributed by atoms with Crippen molar-refractivity contribution in [3.63, 3.8) is 0 Å². The van der Waals surface area contributed by atoms with Gasteiger partial charge in [-0.05, 0) is 42.4 Å². The molecule has 6 heteroatoms. The highest BCUT2D eigenvalue weighted by Crippen LogP contribution is 2.39. The van der Waals surface area contributed by atoms with Crippen molar-refractivity contribution in [2.75, 3.05) is 6.54 Å². The lowest BCUT2D eigenvalue weighted by Crippen LogP contribution is -2.39. The Labute approximate surface area is 125 Å². The lowest BCUT2D eigenvalue weighted by atomic mass is 9.71. The van der Waals surface area contributed by atoms with Gasteiger partial charge in [-0.15, -0.1) is 0 Å². The molecule has 2 N–H and O–H groups in total. The third-order valence-electron chi connectivity index (χ3n) is 4.25. The number of hydrogen-bond acceptors (Lipinski definition) is 3. The molecule has 0 aliphatic heterocycles. The molecular formula is C15H21NO4S. The average Bonchev–Trinajstić information content (AvgIpc) is 2.42. The van der Waals surface area contributed by atoms with E-state index in [-0.39, 0.29) is 15.9 Å². The Bertz CT molecular complexity index is 648. The Morgan fingerprint density at radius 2 is 2.05 bits per heavy atom. The summed E-state index contributed by atoms with van der Waals surface area (Å²) in [6.07, 6.45) is 3.72. The number of nitrogens with one attached hydrogen (secondary N) is 1. The van der Waals surface area contributed by atoms with E-state index in [0.717, 1.165) is 19.3 Å². The van der Waals surface area contributed by atoms with E-state index in [1.807, 2.05) is 6.92 Å². The largest absolute Gasteiger partial charge is 0.478 e. The quantitative estimate of drug-likeness (QED) is 0.845. The van der Waals surface area contributed by atoms with Crippen molar-refractivity contribution in [3.8, 4) is 0 Å². The molecule has 0 unspecified atom stereocenters. The molecule has 0 spiro atoms. The molecule has 0 radical (unpaired) electrons. The Morgan fingerprint density at radius 3 is 2.52 bits per heavy atom. The molecule has 0 aromatic heterocycles. The first kappa shape index (κ1) is 16.0. The minimum absolute atomic E-state index is 0.0139. The van der Waals surface area contributed by atoms with Crippen LogP contribution in [0, 0.1) is 5.41 Å². The van der Waals surface area contributed by atoms with Crippen LogP contribution in [-0.4, -0.2) is 26.0 Å². The third-order valence-corrected chi connectivity index (χ3v) is 5.65. The number of aromatic carboxylic acids is 1. The molecule has 116 valence electrons. The summed E-state index contributed by atoms with van der Waals surface area (Å²) in [5, 5.41) is 9.18. The second-order valence-corrected chi connectivity index (χ2v) is 7.73. The average molecular weight is 311 g/mol. The van der Waals surface area contributed by atoms with Crippen molar-refractivity contribution in [1.82, 2.24) is 4.72 Å². The van der Waals surface area contributed by atoms with E-state index in [0.29, 0.717) is 18.5 Å². The van der Waals surface area contributed by atoms with Crippen LogP contribution in [0.5, 0.6) is 0 Å². The van der Waals surface area contributed by atoms with Gasteiger partial charge in [0, 0.05) is 6.54 Å². The topological polar surface area (TPSA) is 83.5 Å². The van der Waals surface area contributed by atoms with Crippen LogP contribution in [0.4, 0.5) is 0 Å². The molecular weight excluding hydrogens is 290 g/mol. The standard InChI is InChI=1S/C15H21NO4S/c1-3-11-5-6-12(9-13(11)14(17)18)21(19,20)16-10-15(2)7-4-8-15/h5-6,9,16H,3-4,7-8,10H2,1-2H3,(H,17,18). The first-order chi connectivity index (χ1) is 9.77. The van der Waals surface area contributed by atoms with Gasteiger partial charge in [0.05, 0.1) is 10.5 Å². The fourth-order valence-corrected chi connectivity index (χ4v) is 3.77. The van der Waals surface area contributed by atoms with Crippen LogP contribution >= 0.6 is 0 Å². The van der Waals surface area contributed by atoms with Gasteiger partial charge in [-0.1, -0.05) is 26.3 Å². The third kappa shape index (κ3) is 3.44. The molecule has 1 fully saturated rings. The molecule has 0 atom stereocenters. The Kier molecular flexibility index (Phi) is 4.39. The van der Waals surface area contributed by atoms with Crippen molar-refractivity contribution >= 4 is 16.0 Å². The summed E-state index contributed by atoms with van der Waals surface area (Å²) < 4.78 is 27.2. The summed E-state index contributed by atoms with van der Waals surface area (Å²) in [5.41, 5.74) is 0.717. The predicted octanol–water partition coefficient (Wildman–Crippen LogP) is 2.42. The zero-order valence-electron chi connectivity index (χ0n) is 12.3. The number of aryl methyl sites for hydroxylation is 1. The SMILES string of the molecule is CCc1ccc(S(=O)(=O)NCC2(C)CCC2)cc1C(=O)O. The maximum absolute atomic E-state index is 12.3. The predicted molar refractivity (Wildman–Crippen MR) is 79.9 cm³/mol. The number of carbonyl (C=O) groups is 1. The normalized spacial score (nSPS) is 17.2. The summed E-state index contributed by atoms with van der Waals surface area (Å²) in [7, 11) is -3.66. The fourth-order valence-electron chi connectivity index (χ4n) is 2.54. The highest BCUT2D eigenvalue weighted by atomic mass is 32.2. The van der Waals surface area contributed by atoms with Gasteiger partial charge in [-0.3, -0.25) is 0 Å². The first-order valence-corrected chi connectivity index (χ1v) is 8.62. The fraction of sp³-hybridized carbons (Fsp3) is 0.533. The number of rotatable bonds is 6. The van der Waals surface area contributed by atoms with Crippen LogP contribution in [0.1, 0.15) is 49.0 Å². The van der Waals surface area contributed by atoms with Crippen LogP contribution in [0.2, 0.25) is 0 Å².